The van der Waals surface area contributed by atoms with E-state index < -0.39 is 5.50 Å². The molecule has 0 spiro atoms. The second kappa shape index (κ2) is 5.78. The first-order valence-electron chi connectivity index (χ1n) is 6.31. The van der Waals surface area contributed by atoms with Gasteiger partial charge in [-0.1, -0.05) is 83.9 Å². The maximum Gasteiger partial charge on any atom is 0.152 e. The molecule has 4 heteroatoms. The Bertz CT molecular complexity index is 651. The largest absolute Gasteiger partial charge is 0.270 e. The summed E-state index contributed by atoms with van der Waals surface area (Å²) in [7, 11) is 0. The fourth-order valence-electron chi connectivity index (χ4n) is 2.17. The molecular formula is C16H12Cl2N2. The zero-order valence-corrected chi connectivity index (χ0v) is 12.1. The lowest BCUT2D eigenvalue weighted by atomic mass is 10.0. The lowest BCUT2D eigenvalue weighted by Crippen LogP contribution is -2.23. The number of rotatable bonds is 2. The van der Waals surface area contributed by atoms with E-state index >= 15 is 0 Å². The molecule has 2 nitrogen and oxygen atoms in total. The van der Waals surface area contributed by atoms with Crippen molar-refractivity contribution in [3.8, 4) is 0 Å². The Morgan fingerprint density at radius 3 is 2.05 bits per heavy atom. The molecule has 0 aromatic heterocycles. The highest BCUT2D eigenvalue weighted by Crippen LogP contribution is 2.31. The molecule has 2 atom stereocenters. The van der Waals surface area contributed by atoms with E-state index in [1.807, 2.05) is 60.7 Å². The summed E-state index contributed by atoms with van der Waals surface area (Å²) in [6.07, 6.45) is 0. The minimum Gasteiger partial charge on any atom is -0.270 e. The van der Waals surface area contributed by atoms with Gasteiger partial charge in [0.05, 0.1) is 0 Å². The third kappa shape index (κ3) is 2.62. The van der Waals surface area contributed by atoms with Crippen LogP contribution < -0.4 is 0 Å². The Labute approximate surface area is 127 Å². The third-order valence-corrected chi connectivity index (χ3v) is 3.76. The predicted octanol–water partition coefficient (Wildman–Crippen LogP) is 4.43. The lowest BCUT2D eigenvalue weighted by molar-refractivity contribution is 0.686. The monoisotopic (exact) mass is 302 g/mol. The van der Waals surface area contributed by atoms with Crippen molar-refractivity contribution in [2.24, 2.45) is 9.98 Å². The molecule has 1 heterocycles. The van der Waals surface area contributed by atoms with Crippen molar-refractivity contribution in [1.82, 2.24) is 0 Å². The second-order valence-corrected chi connectivity index (χ2v) is 5.30. The van der Waals surface area contributed by atoms with Gasteiger partial charge in [-0.15, -0.1) is 0 Å². The zero-order valence-electron chi connectivity index (χ0n) is 10.6. The summed E-state index contributed by atoms with van der Waals surface area (Å²) in [5, 5.41) is 0.364. The van der Waals surface area contributed by atoms with Crippen molar-refractivity contribution in [3.63, 3.8) is 0 Å². The maximum absolute atomic E-state index is 6.29. The number of aliphatic imine (C=N–C) groups is 2. The number of alkyl halides is 1. The number of nitrogens with zero attached hydrogens (tertiary/aromatic N) is 2. The van der Waals surface area contributed by atoms with Crippen LogP contribution in [0, 0.1) is 0 Å². The van der Waals surface area contributed by atoms with Crippen LogP contribution in [0.2, 0.25) is 0 Å². The van der Waals surface area contributed by atoms with Crippen molar-refractivity contribution in [2.75, 3.05) is 0 Å². The molecule has 3 rings (SSSR count). The van der Waals surface area contributed by atoms with E-state index in [0.717, 1.165) is 11.1 Å². The molecule has 100 valence electrons. The molecule has 0 bridgehead atoms. The van der Waals surface area contributed by atoms with E-state index in [4.69, 9.17) is 28.2 Å². The molecule has 2 aromatic rings. The van der Waals surface area contributed by atoms with E-state index in [0.29, 0.717) is 10.9 Å². The highest BCUT2D eigenvalue weighted by Gasteiger charge is 2.27. The van der Waals surface area contributed by atoms with Crippen molar-refractivity contribution in [3.05, 3.63) is 71.8 Å². The minimum atomic E-state index is -0.475. The Morgan fingerprint density at radius 2 is 1.40 bits per heavy atom. The molecule has 0 N–H and O–H groups in total. The van der Waals surface area contributed by atoms with Gasteiger partial charge in [-0.25, -0.2) is 4.99 Å². The molecule has 2 aromatic carbocycles. The third-order valence-electron chi connectivity index (χ3n) is 3.15. The highest BCUT2D eigenvalue weighted by atomic mass is 35.5. The molecule has 0 aliphatic carbocycles. The van der Waals surface area contributed by atoms with Crippen LogP contribution >= 0.6 is 23.2 Å². The molecule has 1 aliphatic rings. The van der Waals surface area contributed by atoms with Crippen molar-refractivity contribution in [2.45, 2.75) is 11.5 Å². The van der Waals surface area contributed by atoms with Crippen molar-refractivity contribution in [1.29, 1.82) is 0 Å². The number of halogens is 2. The molecule has 0 saturated carbocycles. The summed E-state index contributed by atoms with van der Waals surface area (Å²) in [6.45, 7) is 0. The van der Waals surface area contributed by atoms with Crippen LogP contribution in [0.4, 0.5) is 0 Å². The molecular weight excluding hydrogens is 291 g/mol. The average Bonchev–Trinajstić information content (AvgIpc) is 2.49. The normalized spacial score (nSPS) is 22.1. The molecule has 2 unspecified atom stereocenters. The molecule has 0 radical (unpaired) electrons. The van der Waals surface area contributed by atoms with Crippen LogP contribution in [0.5, 0.6) is 0 Å². The number of hydrogen-bond donors (Lipinski definition) is 0. The van der Waals surface area contributed by atoms with Crippen molar-refractivity contribution >= 4 is 34.1 Å². The summed E-state index contributed by atoms with van der Waals surface area (Å²) < 4.78 is 0. The van der Waals surface area contributed by atoms with Gasteiger partial charge >= 0.3 is 0 Å². The summed E-state index contributed by atoms with van der Waals surface area (Å²) in [5.74, 6) is 0. The van der Waals surface area contributed by atoms with Crippen LogP contribution in [0.3, 0.4) is 0 Å². The summed E-state index contributed by atoms with van der Waals surface area (Å²) in [5.41, 5.74) is 2.20. The Balaban J connectivity index is 2.03. The second-order valence-electron chi connectivity index (χ2n) is 4.49. The lowest BCUT2D eigenvalue weighted by Gasteiger charge is -2.22. The van der Waals surface area contributed by atoms with E-state index in [-0.39, 0.29) is 6.04 Å². The van der Waals surface area contributed by atoms with Crippen LogP contribution in [-0.4, -0.2) is 16.4 Å². The first-order valence-corrected chi connectivity index (χ1v) is 7.13. The molecule has 0 fully saturated rings. The van der Waals surface area contributed by atoms with Gasteiger partial charge in [-0.2, -0.15) is 0 Å². The molecule has 0 saturated heterocycles. The summed E-state index contributed by atoms with van der Waals surface area (Å²) in [4.78, 5) is 9.02. The van der Waals surface area contributed by atoms with Gasteiger partial charge in [0.2, 0.25) is 0 Å². The SMILES string of the molecule is ClC1=NC(Cl)C(c2ccccc2)N=C1c1ccccc1. The van der Waals surface area contributed by atoms with Gasteiger partial charge in [0.1, 0.15) is 11.8 Å². The Hall–Kier alpha value is -1.64. The highest BCUT2D eigenvalue weighted by molar-refractivity contribution is 6.86. The van der Waals surface area contributed by atoms with Crippen LogP contribution in [0.15, 0.2) is 70.6 Å². The van der Waals surface area contributed by atoms with Gasteiger partial charge in [-0.3, -0.25) is 4.99 Å². The smallest absolute Gasteiger partial charge is 0.152 e. The predicted molar refractivity (Wildman–Crippen MR) is 85.1 cm³/mol. The Morgan fingerprint density at radius 1 is 0.800 bits per heavy atom. The number of hydrogen-bond acceptors (Lipinski definition) is 2. The number of benzene rings is 2. The van der Waals surface area contributed by atoms with Gasteiger partial charge in [0, 0.05) is 5.56 Å². The summed E-state index contributed by atoms with van der Waals surface area (Å²) in [6, 6.07) is 19.5. The molecule has 0 amide bonds. The topological polar surface area (TPSA) is 24.7 Å². The van der Waals surface area contributed by atoms with Gasteiger partial charge in [0.25, 0.3) is 0 Å². The molecule has 20 heavy (non-hydrogen) atoms. The van der Waals surface area contributed by atoms with E-state index in [1.165, 1.54) is 0 Å². The minimum absolute atomic E-state index is 0.212. The van der Waals surface area contributed by atoms with E-state index in [1.54, 1.807) is 0 Å². The first kappa shape index (κ1) is 13.3. The van der Waals surface area contributed by atoms with E-state index in [9.17, 15) is 0 Å². The fourth-order valence-corrected chi connectivity index (χ4v) is 2.78. The van der Waals surface area contributed by atoms with E-state index in [2.05, 4.69) is 4.99 Å². The van der Waals surface area contributed by atoms with Gasteiger partial charge in [-0.05, 0) is 5.56 Å². The quantitative estimate of drug-likeness (QED) is 0.579. The fraction of sp³-hybridized carbons (Fsp3) is 0.125. The summed E-state index contributed by atoms with van der Waals surface area (Å²) >= 11 is 12.5. The maximum atomic E-state index is 6.29. The van der Waals surface area contributed by atoms with Crippen molar-refractivity contribution < 1.29 is 0 Å². The average molecular weight is 303 g/mol. The van der Waals surface area contributed by atoms with Crippen LogP contribution in [0.1, 0.15) is 17.2 Å². The standard InChI is InChI=1S/C16H12Cl2N2/c17-15-13(11-7-3-1-4-8-11)19-14(16(18)20-15)12-9-5-2-6-10-12/h1-10,13,15H. The van der Waals surface area contributed by atoms with Crippen LogP contribution in [0.25, 0.3) is 0 Å². The molecule has 1 aliphatic heterocycles. The zero-order chi connectivity index (χ0) is 13.9. The first-order chi connectivity index (χ1) is 9.75. The van der Waals surface area contributed by atoms with Gasteiger partial charge < -0.3 is 0 Å². The Kier molecular flexibility index (Phi) is 3.86. The van der Waals surface area contributed by atoms with Crippen LogP contribution in [-0.2, 0) is 0 Å². The van der Waals surface area contributed by atoms with Gasteiger partial charge in [0.15, 0.2) is 10.7 Å².